The molecular formula is C24H32F3N5O4. The molecular weight excluding hydrogens is 479 g/mol. The number of carbonyl (C=O) groups excluding carboxylic acids is 4. The van der Waals surface area contributed by atoms with Gasteiger partial charge in [-0.05, 0) is 62.7 Å². The van der Waals surface area contributed by atoms with Crippen LogP contribution in [0.1, 0.15) is 53.4 Å². The Balaban J connectivity index is 1.48. The molecule has 0 bridgehead atoms. The van der Waals surface area contributed by atoms with E-state index in [-0.39, 0.29) is 36.1 Å². The lowest BCUT2D eigenvalue weighted by atomic mass is 9.91. The van der Waals surface area contributed by atoms with Gasteiger partial charge in [0.2, 0.25) is 17.7 Å². The minimum atomic E-state index is -5.12. The SMILES string of the molecule is CC1(C)C[C@@H](C[C@@H](C#N)NC(=O)[C@@H]2[C@@H]3[C@H](CN2C(=O)[C@@H](NC(=O)C(F)(F)F)C2CC2)C3(C)C)C(=O)N1. The van der Waals surface area contributed by atoms with Crippen LogP contribution in [0.25, 0.3) is 0 Å². The number of amides is 4. The van der Waals surface area contributed by atoms with Gasteiger partial charge in [0, 0.05) is 18.0 Å². The standard InChI is InChI=1S/C24H32F3N5O4/c1-22(2)8-12(18(33)31-22)7-13(9-28)29-19(34)17-15-14(23(15,3)4)10-32(17)20(35)16(11-5-6-11)30-21(36)24(25,26)27/h11-17H,5-8,10H2,1-4H3,(H,29,34)(H,30,36)(H,31,33)/t12-,13+,14+,15+,16+,17+/m1/s1. The molecule has 0 aromatic rings. The van der Waals surface area contributed by atoms with Crippen molar-refractivity contribution in [2.45, 2.75) is 83.2 Å². The van der Waals surface area contributed by atoms with Crippen LogP contribution in [0.2, 0.25) is 0 Å². The summed E-state index contributed by atoms with van der Waals surface area (Å²) in [5.74, 6) is -4.73. The smallest absolute Gasteiger partial charge is 0.351 e. The minimum Gasteiger partial charge on any atom is -0.351 e. The molecule has 4 aliphatic rings. The lowest BCUT2D eigenvalue weighted by Gasteiger charge is -2.33. The van der Waals surface area contributed by atoms with E-state index in [1.165, 1.54) is 4.90 Å². The number of hydrogen-bond acceptors (Lipinski definition) is 5. The van der Waals surface area contributed by atoms with Gasteiger partial charge in [0.15, 0.2) is 0 Å². The maximum Gasteiger partial charge on any atom is 0.471 e. The number of fused-ring (bicyclic) bond motifs is 1. The summed E-state index contributed by atoms with van der Waals surface area (Å²) in [4.78, 5) is 51.9. The van der Waals surface area contributed by atoms with Crippen LogP contribution < -0.4 is 16.0 Å². The Morgan fingerprint density at radius 1 is 1.19 bits per heavy atom. The summed E-state index contributed by atoms with van der Waals surface area (Å²) in [6.07, 6.45) is -3.49. The van der Waals surface area contributed by atoms with Crippen molar-refractivity contribution in [2.75, 3.05) is 6.54 Å². The molecule has 4 rings (SSSR count). The van der Waals surface area contributed by atoms with E-state index in [0.29, 0.717) is 19.3 Å². The van der Waals surface area contributed by atoms with Crippen molar-refractivity contribution >= 4 is 23.6 Å². The number of halogens is 3. The molecule has 2 saturated heterocycles. The zero-order chi connectivity index (χ0) is 26.8. The maximum absolute atomic E-state index is 13.4. The number of likely N-dealkylation sites (tertiary alicyclic amines) is 1. The predicted molar refractivity (Wildman–Crippen MR) is 119 cm³/mol. The topological polar surface area (TPSA) is 131 Å². The number of nitrogens with zero attached hydrogens (tertiary/aromatic N) is 2. The molecule has 2 saturated carbocycles. The monoisotopic (exact) mass is 511 g/mol. The Morgan fingerprint density at radius 3 is 2.33 bits per heavy atom. The molecule has 12 heteroatoms. The Labute approximate surface area is 207 Å². The highest BCUT2D eigenvalue weighted by Crippen LogP contribution is 2.65. The fraction of sp³-hybridized carbons (Fsp3) is 0.792. The van der Waals surface area contributed by atoms with Crippen molar-refractivity contribution < 1.29 is 32.3 Å². The van der Waals surface area contributed by atoms with Gasteiger partial charge in [-0.1, -0.05) is 13.8 Å². The van der Waals surface area contributed by atoms with E-state index in [4.69, 9.17) is 0 Å². The first-order chi connectivity index (χ1) is 16.6. The molecule has 36 heavy (non-hydrogen) atoms. The van der Waals surface area contributed by atoms with Crippen molar-refractivity contribution in [1.82, 2.24) is 20.9 Å². The Bertz CT molecular complexity index is 1020. The average Bonchev–Trinajstić information content (AvgIpc) is 3.59. The largest absolute Gasteiger partial charge is 0.471 e. The predicted octanol–water partition coefficient (Wildman–Crippen LogP) is 1.24. The van der Waals surface area contributed by atoms with Crippen LogP contribution in [0.5, 0.6) is 0 Å². The number of nitrogens with one attached hydrogen (secondary N) is 3. The van der Waals surface area contributed by atoms with Crippen molar-refractivity contribution in [3.63, 3.8) is 0 Å². The minimum absolute atomic E-state index is 0.0164. The van der Waals surface area contributed by atoms with Crippen molar-refractivity contribution in [3.8, 4) is 6.07 Å². The van der Waals surface area contributed by atoms with Gasteiger partial charge in [-0.25, -0.2) is 0 Å². The van der Waals surface area contributed by atoms with E-state index in [0.717, 1.165) is 0 Å². The highest BCUT2D eigenvalue weighted by atomic mass is 19.4. The van der Waals surface area contributed by atoms with Gasteiger partial charge in [-0.3, -0.25) is 19.2 Å². The molecule has 0 aromatic heterocycles. The zero-order valence-corrected chi connectivity index (χ0v) is 20.7. The summed E-state index contributed by atoms with van der Waals surface area (Å²) in [5.41, 5.74) is -0.662. The second-order valence-electron chi connectivity index (χ2n) is 11.9. The second kappa shape index (κ2) is 8.63. The van der Waals surface area contributed by atoms with Crippen molar-refractivity contribution in [1.29, 1.82) is 5.26 Å². The van der Waals surface area contributed by atoms with Crippen LogP contribution >= 0.6 is 0 Å². The fourth-order valence-corrected chi connectivity index (χ4v) is 6.10. The third-order valence-corrected chi connectivity index (χ3v) is 8.25. The van der Waals surface area contributed by atoms with Crippen molar-refractivity contribution in [2.24, 2.45) is 29.1 Å². The molecule has 6 atom stereocenters. The van der Waals surface area contributed by atoms with Crippen LogP contribution in [0.3, 0.4) is 0 Å². The van der Waals surface area contributed by atoms with Crippen LogP contribution in [-0.2, 0) is 19.2 Å². The summed E-state index contributed by atoms with van der Waals surface area (Å²) >= 11 is 0. The first kappa shape index (κ1) is 26.2. The summed E-state index contributed by atoms with van der Waals surface area (Å²) in [7, 11) is 0. The third-order valence-electron chi connectivity index (χ3n) is 8.25. The first-order valence-electron chi connectivity index (χ1n) is 12.3. The molecule has 4 amide bonds. The normalized spacial score (nSPS) is 31.5. The van der Waals surface area contributed by atoms with E-state index < -0.39 is 59.4 Å². The van der Waals surface area contributed by atoms with Crippen LogP contribution in [-0.4, -0.2) is 64.9 Å². The van der Waals surface area contributed by atoms with Gasteiger partial charge < -0.3 is 20.9 Å². The molecule has 2 heterocycles. The van der Waals surface area contributed by atoms with Gasteiger partial charge >= 0.3 is 12.1 Å². The summed E-state index contributed by atoms with van der Waals surface area (Å²) in [6.45, 7) is 7.85. The molecule has 4 fully saturated rings. The number of rotatable bonds is 7. The summed E-state index contributed by atoms with van der Waals surface area (Å²) < 4.78 is 38.6. The molecule has 2 aliphatic carbocycles. The number of alkyl halides is 3. The van der Waals surface area contributed by atoms with E-state index in [1.54, 1.807) is 0 Å². The van der Waals surface area contributed by atoms with Gasteiger partial charge in [-0.15, -0.1) is 0 Å². The molecule has 0 unspecified atom stereocenters. The zero-order valence-electron chi connectivity index (χ0n) is 20.7. The van der Waals surface area contributed by atoms with E-state index in [2.05, 4.69) is 10.6 Å². The first-order valence-corrected chi connectivity index (χ1v) is 12.3. The van der Waals surface area contributed by atoms with Crippen molar-refractivity contribution in [3.05, 3.63) is 0 Å². The lowest BCUT2D eigenvalue weighted by Crippen LogP contribution is -2.58. The number of piperidine rings is 1. The van der Waals surface area contributed by atoms with Gasteiger partial charge in [0.25, 0.3) is 0 Å². The van der Waals surface area contributed by atoms with Crippen LogP contribution in [0.15, 0.2) is 0 Å². The van der Waals surface area contributed by atoms with E-state index >= 15 is 0 Å². The van der Waals surface area contributed by atoms with Gasteiger partial charge in [-0.2, -0.15) is 18.4 Å². The molecule has 3 N–H and O–H groups in total. The van der Waals surface area contributed by atoms with Gasteiger partial charge in [0.05, 0.1) is 6.07 Å². The fourth-order valence-electron chi connectivity index (χ4n) is 6.10. The molecule has 9 nitrogen and oxygen atoms in total. The highest BCUT2D eigenvalue weighted by Gasteiger charge is 2.70. The molecule has 0 aromatic carbocycles. The third kappa shape index (κ3) is 4.89. The maximum atomic E-state index is 13.4. The Hall–Kier alpha value is -2.84. The summed E-state index contributed by atoms with van der Waals surface area (Å²) in [6, 6.07) is -1.27. The molecule has 198 valence electrons. The van der Waals surface area contributed by atoms with Gasteiger partial charge in [0.1, 0.15) is 18.1 Å². The Morgan fingerprint density at radius 2 is 1.83 bits per heavy atom. The summed E-state index contributed by atoms with van der Waals surface area (Å²) in [5, 5.41) is 17.0. The molecule has 2 aliphatic heterocycles. The lowest BCUT2D eigenvalue weighted by molar-refractivity contribution is -0.175. The highest BCUT2D eigenvalue weighted by molar-refractivity contribution is 5.95. The number of carbonyl (C=O) groups is 4. The van der Waals surface area contributed by atoms with Crippen LogP contribution in [0.4, 0.5) is 13.2 Å². The number of nitriles is 1. The van der Waals surface area contributed by atoms with E-state index in [1.807, 2.05) is 39.1 Å². The average molecular weight is 512 g/mol. The Kier molecular flexibility index (Phi) is 6.29. The molecule has 0 radical (unpaired) electrons. The number of hydrogen-bond donors (Lipinski definition) is 3. The van der Waals surface area contributed by atoms with E-state index in [9.17, 15) is 37.6 Å². The molecule has 0 spiro atoms. The second-order valence-corrected chi connectivity index (χ2v) is 11.9. The quantitative estimate of drug-likeness (QED) is 0.473. The van der Waals surface area contributed by atoms with Crippen LogP contribution in [0, 0.1) is 40.4 Å².